The van der Waals surface area contributed by atoms with E-state index in [0.29, 0.717) is 16.7 Å². The Morgan fingerprint density at radius 1 is 1.56 bits per heavy atom. The van der Waals surface area contributed by atoms with Crippen LogP contribution in [-0.2, 0) is 0 Å². The summed E-state index contributed by atoms with van der Waals surface area (Å²) in [7, 11) is 1.93. The second-order valence-electron chi connectivity index (χ2n) is 4.51. The molecule has 1 saturated carbocycles. The smallest absolute Gasteiger partial charge is 0.271 e. The molecule has 0 aromatic heterocycles. The molecule has 0 saturated heterocycles. The summed E-state index contributed by atoms with van der Waals surface area (Å²) in [4.78, 5) is 10.1. The number of benzene rings is 1. The van der Waals surface area contributed by atoms with E-state index in [9.17, 15) is 10.1 Å². The van der Waals surface area contributed by atoms with Gasteiger partial charge in [-0.25, -0.2) is 0 Å². The van der Waals surface area contributed by atoms with Crippen LogP contribution in [0.1, 0.15) is 12.8 Å². The Morgan fingerprint density at radius 2 is 2.28 bits per heavy atom. The molecule has 1 aromatic carbocycles. The van der Waals surface area contributed by atoms with Crippen molar-refractivity contribution >= 4 is 17.3 Å². The minimum absolute atomic E-state index is 0.0194. The van der Waals surface area contributed by atoms with Crippen LogP contribution < -0.4 is 10.1 Å². The van der Waals surface area contributed by atoms with Gasteiger partial charge in [0.1, 0.15) is 5.75 Å². The van der Waals surface area contributed by atoms with E-state index in [4.69, 9.17) is 16.3 Å². The van der Waals surface area contributed by atoms with Crippen LogP contribution in [0.5, 0.6) is 5.75 Å². The molecule has 0 amide bonds. The minimum Gasteiger partial charge on any atom is -0.489 e. The summed E-state index contributed by atoms with van der Waals surface area (Å²) in [5.41, 5.74) is -0.0194. The lowest BCUT2D eigenvalue weighted by Crippen LogP contribution is -2.38. The third-order valence-corrected chi connectivity index (χ3v) is 3.40. The summed E-state index contributed by atoms with van der Waals surface area (Å²) in [6.45, 7) is 0.994. The first-order chi connectivity index (χ1) is 8.60. The van der Waals surface area contributed by atoms with Gasteiger partial charge in [-0.05, 0) is 38.4 Å². The van der Waals surface area contributed by atoms with Crippen molar-refractivity contribution in [3.8, 4) is 5.75 Å². The molecule has 1 fully saturated rings. The van der Waals surface area contributed by atoms with Crippen LogP contribution >= 0.6 is 11.6 Å². The number of rotatable bonds is 5. The zero-order valence-electron chi connectivity index (χ0n) is 10.1. The Kier molecular flexibility index (Phi) is 4.04. The molecule has 1 N–H and O–H groups in total. The molecular formula is C12H15ClN2O3. The predicted octanol–water partition coefficient (Wildman–Crippen LogP) is 2.63. The van der Waals surface area contributed by atoms with Gasteiger partial charge in [0.15, 0.2) is 0 Å². The summed E-state index contributed by atoms with van der Waals surface area (Å²) >= 11 is 5.95. The SMILES string of the molecule is CNCC1CC(Oc2ccc([N+](=O)[O-])cc2Cl)C1. The number of non-ortho nitro benzene ring substituents is 1. The number of halogens is 1. The normalized spacial score (nSPS) is 22.3. The molecule has 0 radical (unpaired) electrons. The number of nitro benzene ring substituents is 1. The topological polar surface area (TPSA) is 64.4 Å². The molecule has 0 unspecified atom stereocenters. The number of nitrogens with one attached hydrogen (secondary N) is 1. The second-order valence-corrected chi connectivity index (χ2v) is 4.91. The van der Waals surface area contributed by atoms with Gasteiger partial charge >= 0.3 is 0 Å². The molecule has 1 aromatic rings. The van der Waals surface area contributed by atoms with E-state index in [1.54, 1.807) is 6.07 Å². The van der Waals surface area contributed by atoms with Crippen LogP contribution in [0, 0.1) is 16.0 Å². The molecule has 1 aliphatic rings. The fraction of sp³-hybridized carbons (Fsp3) is 0.500. The summed E-state index contributed by atoms with van der Waals surface area (Å²) in [5.74, 6) is 1.17. The highest BCUT2D eigenvalue weighted by atomic mass is 35.5. The average molecular weight is 271 g/mol. The van der Waals surface area contributed by atoms with E-state index < -0.39 is 4.92 Å². The average Bonchev–Trinajstić information content (AvgIpc) is 2.28. The van der Waals surface area contributed by atoms with Crippen molar-refractivity contribution in [2.45, 2.75) is 18.9 Å². The van der Waals surface area contributed by atoms with Crippen molar-refractivity contribution in [2.24, 2.45) is 5.92 Å². The molecule has 98 valence electrons. The lowest BCUT2D eigenvalue weighted by Gasteiger charge is -2.35. The quantitative estimate of drug-likeness (QED) is 0.660. The highest BCUT2D eigenvalue weighted by molar-refractivity contribution is 6.32. The van der Waals surface area contributed by atoms with E-state index in [1.165, 1.54) is 12.1 Å². The van der Waals surface area contributed by atoms with Gasteiger partial charge < -0.3 is 10.1 Å². The van der Waals surface area contributed by atoms with Crippen molar-refractivity contribution < 1.29 is 9.66 Å². The number of ether oxygens (including phenoxy) is 1. The van der Waals surface area contributed by atoms with Crippen molar-refractivity contribution in [1.82, 2.24) is 5.32 Å². The third-order valence-electron chi connectivity index (χ3n) is 3.11. The highest BCUT2D eigenvalue weighted by Crippen LogP contribution is 2.35. The first-order valence-electron chi connectivity index (χ1n) is 5.85. The number of hydrogen-bond donors (Lipinski definition) is 1. The predicted molar refractivity (Wildman–Crippen MR) is 69.2 cm³/mol. The molecular weight excluding hydrogens is 256 g/mol. The molecule has 6 heteroatoms. The fourth-order valence-corrected chi connectivity index (χ4v) is 2.32. The van der Waals surface area contributed by atoms with Gasteiger partial charge in [-0.2, -0.15) is 0 Å². The fourth-order valence-electron chi connectivity index (χ4n) is 2.10. The van der Waals surface area contributed by atoms with Gasteiger partial charge in [-0.3, -0.25) is 10.1 Å². The van der Waals surface area contributed by atoms with Crippen molar-refractivity contribution in [2.75, 3.05) is 13.6 Å². The number of nitro groups is 1. The zero-order chi connectivity index (χ0) is 13.1. The summed E-state index contributed by atoms with van der Waals surface area (Å²) in [5, 5.41) is 14.0. The Balaban J connectivity index is 1.93. The number of hydrogen-bond acceptors (Lipinski definition) is 4. The molecule has 5 nitrogen and oxygen atoms in total. The molecule has 18 heavy (non-hydrogen) atoms. The summed E-state index contributed by atoms with van der Waals surface area (Å²) in [6, 6.07) is 4.29. The molecule has 0 atom stereocenters. The van der Waals surface area contributed by atoms with Crippen molar-refractivity contribution in [3.05, 3.63) is 33.3 Å². The minimum atomic E-state index is -0.470. The molecule has 0 heterocycles. The van der Waals surface area contributed by atoms with Crippen LogP contribution in [0.25, 0.3) is 0 Å². The Hall–Kier alpha value is -1.33. The van der Waals surface area contributed by atoms with Crippen molar-refractivity contribution in [3.63, 3.8) is 0 Å². The molecule has 0 bridgehead atoms. The van der Waals surface area contributed by atoms with Gasteiger partial charge in [0.25, 0.3) is 5.69 Å². The van der Waals surface area contributed by atoms with E-state index in [0.717, 1.165) is 19.4 Å². The van der Waals surface area contributed by atoms with E-state index >= 15 is 0 Å². The van der Waals surface area contributed by atoms with E-state index in [-0.39, 0.29) is 11.8 Å². The summed E-state index contributed by atoms with van der Waals surface area (Å²) < 4.78 is 5.71. The maximum absolute atomic E-state index is 10.6. The standard InChI is InChI=1S/C12H15ClN2O3/c1-14-7-8-4-10(5-8)18-12-3-2-9(15(16)17)6-11(12)13/h2-3,6,8,10,14H,4-5,7H2,1H3. The lowest BCUT2D eigenvalue weighted by atomic mass is 9.82. The Labute approximate surface area is 110 Å². The molecule has 2 rings (SSSR count). The first kappa shape index (κ1) is 13.1. The van der Waals surface area contributed by atoms with Gasteiger partial charge in [-0.15, -0.1) is 0 Å². The highest BCUT2D eigenvalue weighted by Gasteiger charge is 2.30. The molecule has 0 aliphatic heterocycles. The lowest BCUT2D eigenvalue weighted by molar-refractivity contribution is -0.384. The van der Waals surface area contributed by atoms with Crippen molar-refractivity contribution in [1.29, 1.82) is 0 Å². The Bertz CT molecular complexity index is 447. The third kappa shape index (κ3) is 2.91. The van der Waals surface area contributed by atoms with Gasteiger partial charge in [0, 0.05) is 12.1 Å². The van der Waals surface area contributed by atoms with Gasteiger partial charge in [0.2, 0.25) is 0 Å². The monoisotopic (exact) mass is 270 g/mol. The number of nitrogens with zero attached hydrogens (tertiary/aromatic N) is 1. The van der Waals surface area contributed by atoms with Crippen LogP contribution in [0.3, 0.4) is 0 Å². The zero-order valence-corrected chi connectivity index (χ0v) is 10.8. The molecule has 1 aliphatic carbocycles. The van der Waals surface area contributed by atoms with Crippen LogP contribution in [0.2, 0.25) is 5.02 Å². The van der Waals surface area contributed by atoms with Crippen LogP contribution in [0.4, 0.5) is 5.69 Å². The van der Waals surface area contributed by atoms with Crippen LogP contribution in [0.15, 0.2) is 18.2 Å². The maximum atomic E-state index is 10.6. The first-order valence-corrected chi connectivity index (χ1v) is 6.23. The molecule has 0 spiro atoms. The van der Waals surface area contributed by atoms with Gasteiger partial charge in [0.05, 0.1) is 16.0 Å². The van der Waals surface area contributed by atoms with Gasteiger partial charge in [-0.1, -0.05) is 11.6 Å². The maximum Gasteiger partial charge on any atom is 0.271 e. The largest absolute Gasteiger partial charge is 0.489 e. The van der Waals surface area contributed by atoms with E-state index in [1.807, 2.05) is 7.05 Å². The van der Waals surface area contributed by atoms with Crippen LogP contribution in [-0.4, -0.2) is 24.6 Å². The van der Waals surface area contributed by atoms with E-state index in [2.05, 4.69) is 5.32 Å². The second kappa shape index (κ2) is 5.54. The summed E-state index contributed by atoms with van der Waals surface area (Å²) in [6.07, 6.45) is 2.16. The Morgan fingerprint density at radius 3 is 2.83 bits per heavy atom.